The Bertz CT molecular complexity index is 565. The van der Waals surface area contributed by atoms with Crippen LogP contribution < -0.4 is 5.32 Å². The third-order valence-corrected chi connectivity index (χ3v) is 2.89. The maximum atomic E-state index is 11.7. The second kappa shape index (κ2) is 5.57. The van der Waals surface area contributed by atoms with E-state index in [4.69, 9.17) is 9.47 Å². The maximum absolute atomic E-state index is 11.7. The van der Waals surface area contributed by atoms with Gasteiger partial charge in [0.25, 0.3) is 5.79 Å². The largest absolute Gasteiger partial charge is 0.419 e. The number of rotatable bonds is 3. The number of benzene rings is 1. The molecule has 0 aromatic heterocycles. The summed E-state index contributed by atoms with van der Waals surface area (Å²) in [5, 5.41) is 12.2. The lowest BCUT2D eigenvalue weighted by atomic mass is 10.1. The van der Waals surface area contributed by atoms with E-state index in [1.807, 2.05) is 0 Å². The van der Waals surface area contributed by atoms with E-state index in [-0.39, 0.29) is 5.57 Å². The third-order valence-electron chi connectivity index (χ3n) is 2.89. The predicted molar refractivity (Wildman–Crippen MR) is 75.0 cm³/mol. The van der Waals surface area contributed by atoms with Gasteiger partial charge in [0.15, 0.2) is 5.57 Å². The number of carbonyl (C=O) groups is 2. The van der Waals surface area contributed by atoms with E-state index in [1.165, 1.54) is 20.0 Å². The summed E-state index contributed by atoms with van der Waals surface area (Å²) in [6.45, 7) is 4.64. The van der Waals surface area contributed by atoms with Gasteiger partial charge in [0, 0.05) is 25.7 Å². The van der Waals surface area contributed by atoms with E-state index in [2.05, 4.69) is 5.32 Å². The van der Waals surface area contributed by atoms with Crippen molar-refractivity contribution in [3.8, 4) is 0 Å². The van der Waals surface area contributed by atoms with Crippen LogP contribution in [-0.2, 0) is 19.1 Å². The molecule has 1 heterocycles. The van der Waals surface area contributed by atoms with Crippen molar-refractivity contribution in [3.63, 3.8) is 0 Å². The minimum Gasteiger partial charge on any atom is -0.419 e. The summed E-state index contributed by atoms with van der Waals surface area (Å²) >= 11 is 0. The molecule has 1 aromatic rings. The van der Waals surface area contributed by atoms with Crippen molar-refractivity contribution in [3.05, 3.63) is 41.6 Å². The molecule has 1 atom stereocenters. The molecule has 6 heteroatoms. The van der Waals surface area contributed by atoms with Gasteiger partial charge < -0.3 is 19.9 Å². The lowest BCUT2D eigenvalue weighted by Crippen LogP contribution is -2.42. The van der Waals surface area contributed by atoms with Crippen molar-refractivity contribution in [2.45, 2.75) is 32.7 Å². The summed E-state index contributed by atoms with van der Waals surface area (Å²) in [6, 6.07) is 6.93. The van der Waals surface area contributed by atoms with Crippen LogP contribution in [0.3, 0.4) is 0 Å². The highest BCUT2D eigenvalue weighted by Crippen LogP contribution is 2.23. The normalized spacial score (nSPS) is 18.6. The molecule has 1 aromatic carbocycles. The summed E-state index contributed by atoms with van der Waals surface area (Å²) in [5.74, 6) is -2.71. The van der Waals surface area contributed by atoms with Crippen LogP contribution >= 0.6 is 0 Å². The fourth-order valence-corrected chi connectivity index (χ4v) is 1.79. The van der Waals surface area contributed by atoms with E-state index in [1.54, 1.807) is 31.2 Å². The number of hydrogen-bond acceptors (Lipinski definition) is 6. The van der Waals surface area contributed by atoms with Crippen LogP contribution in [-0.4, -0.2) is 22.8 Å². The highest BCUT2D eigenvalue weighted by Gasteiger charge is 2.38. The number of cyclic esters (lactones) is 2. The molecule has 2 N–H and O–H groups in total. The molecule has 21 heavy (non-hydrogen) atoms. The molecule has 112 valence electrons. The third kappa shape index (κ3) is 3.61. The molecule has 1 aliphatic heterocycles. The Morgan fingerprint density at radius 2 is 1.67 bits per heavy atom. The van der Waals surface area contributed by atoms with Crippen molar-refractivity contribution in [1.82, 2.24) is 0 Å². The van der Waals surface area contributed by atoms with Gasteiger partial charge in [0.2, 0.25) is 0 Å². The van der Waals surface area contributed by atoms with Crippen LogP contribution in [0.4, 0.5) is 5.69 Å². The van der Waals surface area contributed by atoms with E-state index in [9.17, 15) is 14.7 Å². The van der Waals surface area contributed by atoms with Crippen LogP contribution in [0.25, 0.3) is 0 Å². The smallest absolute Gasteiger partial charge is 0.350 e. The van der Waals surface area contributed by atoms with Gasteiger partial charge in [-0.1, -0.05) is 12.1 Å². The summed E-state index contributed by atoms with van der Waals surface area (Å²) < 4.78 is 9.94. The minimum absolute atomic E-state index is 0.200. The molecule has 1 aliphatic rings. The summed E-state index contributed by atoms with van der Waals surface area (Å²) in [5.41, 5.74) is 1.23. The number of carbonyl (C=O) groups excluding carboxylic acids is 2. The number of aliphatic hydroxyl groups excluding tert-OH is 1. The van der Waals surface area contributed by atoms with E-state index in [0.717, 1.165) is 5.56 Å². The van der Waals surface area contributed by atoms with Gasteiger partial charge in [-0.25, -0.2) is 9.59 Å². The van der Waals surface area contributed by atoms with Crippen molar-refractivity contribution >= 4 is 17.6 Å². The molecule has 0 amide bonds. The van der Waals surface area contributed by atoms with Crippen LogP contribution in [0.1, 0.15) is 32.4 Å². The van der Waals surface area contributed by atoms with Gasteiger partial charge in [-0.2, -0.15) is 0 Å². The first-order chi connectivity index (χ1) is 9.78. The summed E-state index contributed by atoms with van der Waals surface area (Å²) in [7, 11) is 0. The monoisotopic (exact) mass is 291 g/mol. The number of esters is 2. The van der Waals surface area contributed by atoms with Gasteiger partial charge in [-0.3, -0.25) is 0 Å². The topological polar surface area (TPSA) is 84.9 Å². The first kappa shape index (κ1) is 15.1. The van der Waals surface area contributed by atoms with Gasteiger partial charge in [0.1, 0.15) is 0 Å². The summed E-state index contributed by atoms with van der Waals surface area (Å²) in [6.07, 6.45) is 0.694. The van der Waals surface area contributed by atoms with Crippen LogP contribution in [0.2, 0.25) is 0 Å². The molecule has 6 nitrogen and oxygen atoms in total. The van der Waals surface area contributed by atoms with Crippen molar-refractivity contribution in [2.75, 3.05) is 5.32 Å². The van der Waals surface area contributed by atoms with Gasteiger partial charge in [-0.15, -0.1) is 0 Å². The number of nitrogens with one attached hydrogen (secondary N) is 1. The fraction of sp³-hybridized carbons (Fsp3) is 0.333. The SMILES string of the molecule is CC(O)c1ccc(NC=C2C(=O)OC(C)(C)OC2=O)cc1. The molecular weight excluding hydrogens is 274 g/mol. The first-order valence-electron chi connectivity index (χ1n) is 6.50. The van der Waals surface area contributed by atoms with E-state index >= 15 is 0 Å². The Morgan fingerprint density at radius 1 is 1.14 bits per heavy atom. The lowest BCUT2D eigenvalue weighted by molar-refractivity contribution is -0.222. The van der Waals surface area contributed by atoms with Crippen molar-refractivity contribution < 1.29 is 24.2 Å². The van der Waals surface area contributed by atoms with Crippen molar-refractivity contribution in [1.29, 1.82) is 0 Å². The molecule has 1 fully saturated rings. The summed E-state index contributed by atoms with van der Waals surface area (Å²) in [4.78, 5) is 23.4. The maximum Gasteiger partial charge on any atom is 0.350 e. The Labute approximate surface area is 122 Å². The standard InChI is InChI=1S/C15H17NO5/c1-9(17)10-4-6-11(7-5-10)16-8-12-13(18)20-15(2,3)21-14(12)19/h4-9,16-17H,1-3H3. The molecule has 0 saturated carbocycles. The van der Waals surface area contributed by atoms with Crippen LogP contribution in [0.5, 0.6) is 0 Å². The Kier molecular flexibility index (Phi) is 3.99. The Hall–Kier alpha value is -2.34. The molecule has 0 spiro atoms. The zero-order valence-electron chi connectivity index (χ0n) is 12.0. The number of hydrogen-bond donors (Lipinski definition) is 2. The molecular formula is C15H17NO5. The Balaban J connectivity index is 2.10. The van der Waals surface area contributed by atoms with Crippen LogP contribution in [0.15, 0.2) is 36.0 Å². The molecule has 0 bridgehead atoms. The fourth-order valence-electron chi connectivity index (χ4n) is 1.79. The first-order valence-corrected chi connectivity index (χ1v) is 6.50. The molecule has 1 unspecified atom stereocenters. The lowest BCUT2D eigenvalue weighted by Gasteiger charge is -2.29. The number of ether oxygens (including phenoxy) is 2. The molecule has 0 radical (unpaired) electrons. The number of aliphatic hydroxyl groups is 1. The van der Waals surface area contributed by atoms with Gasteiger partial charge in [-0.05, 0) is 24.6 Å². The average Bonchev–Trinajstić information content (AvgIpc) is 2.36. The predicted octanol–water partition coefficient (Wildman–Crippen LogP) is 1.87. The zero-order chi connectivity index (χ0) is 15.6. The minimum atomic E-state index is -1.25. The highest BCUT2D eigenvalue weighted by molar-refractivity contribution is 6.15. The number of anilines is 1. The van der Waals surface area contributed by atoms with E-state index < -0.39 is 23.8 Å². The van der Waals surface area contributed by atoms with Crippen LogP contribution in [0, 0.1) is 0 Å². The van der Waals surface area contributed by atoms with Crippen molar-refractivity contribution in [2.24, 2.45) is 0 Å². The average molecular weight is 291 g/mol. The quantitative estimate of drug-likeness (QED) is 0.502. The van der Waals surface area contributed by atoms with E-state index in [0.29, 0.717) is 5.69 Å². The van der Waals surface area contributed by atoms with Gasteiger partial charge >= 0.3 is 11.9 Å². The molecule has 0 aliphatic carbocycles. The highest BCUT2D eigenvalue weighted by atomic mass is 16.7. The Morgan fingerprint density at radius 3 is 2.14 bits per heavy atom. The molecule has 2 rings (SSSR count). The zero-order valence-corrected chi connectivity index (χ0v) is 12.0. The second-order valence-electron chi connectivity index (χ2n) is 5.18. The van der Waals surface area contributed by atoms with Gasteiger partial charge in [0.05, 0.1) is 6.10 Å². The molecule has 1 saturated heterocycles. The second-order valence-corrected chi connectivity index (χ2v) is 5.18.